The van der Waals surface area contributed by atoms with Crippen LogP contribution in [-0.2, 0) is 22.6 Å². The van der Waals surface area contributed by atoms with Crippen LogP contribution < -0.4 is 0 Å². The number of carbonyl (C=O) groups excluding carboxylic acids is 3. The molecule has 39 heavy (non-hydrogen) atoms. The van der Waals surface area contributed by atoms with E-state index in [-0.39, 0.29) is 43.2 Å². The summed E-state index contributed by atoms with van der Waals surface area (Å²) >= 11 is 0. The van der Waals surface area contributed by atoms with Crippen LogP contribution in [0, 0.1) is 20.8 Å². The average Bonchev–Trinajstić information content (AvgIpc) is 3.47. The van der Waals surface area contributed by atoms with Crippen molar-refractivity contribution in [2.45, 2.75) is 59.3 Å². The van der Waals surface area contributed by atoms with Crippen LogP contribution in [0.1, 0.15) is 46.6 Å². The first-order valence-corrected chi connectivity index (χ1v) is 12.8. The molecule has 200 valence electrons. The van der Waals surface area contributed by atoms with Gasteiger partial charge in [-0.2, -0.15) is 5.10 Å². The molecule has 0 spiro atoms. The summed E-state index contributed by atoms with van der Waals surface area (Å²) in [5.74, 6) is -0.278. The van der Waals surface area contributed by atoms with E-state index in [4.69, 9.17) is 0 Å². The summed E-state index contributed by atoms with van der Waals surface area (Å²) in [7, 11) is 0. The third-order valence-corrected chi connectivity index (χ3v) is 7.11. The minimum Gasteiger partial charge on any atom is -0.328 e. The van der Waals surface area contributed by atoms with Crippen LogP contribution in [0.25, 0.3) is 22.0 Å². The largest absolute Gasteiger partial charge is 0.328 e. The standard InChI is InChI=1S/C29H29FN6O3/c1-16-5-6-17(2)33-24(16)11-27(38)26-10-22(30)14-35(26)28(39)15-36-25-8-7-20(21-12-31-19(4)32-13-21)9-23(25)29(34-36)18(3)37/h5-9,12-13,22,26H,10-11,14-15H2,1-4H3/t22-,26+/m1/s1. The predicted molar refractivity (Wildman–Crippen MR) is 143 cm³/mol. The van der Waals surface area contributed by atoms with Crippen LogP contribution in [-0.4, -0.2) is 65.9 Å². The van der Waals surface area contributed by atoms with Gasteiger partial charge in [0.15, 0.2) is 11.6 Å². The minimum atomic E-state index is -1.30. The molecule has 1 aliphatic heterocycles. The van der Waals surface area contributed by atoms with Crippen molar-refractivity contribution in [1.82, 2.24) is 29.6 Å². The maximum atomic E-state index is 14.5. The predicted octanol–water partition coefficient (Wildman–Crippen LogP) is 3.77. The molecule has 4 aromatic rings. The molecule has 10 heteroatoms. The number of ketones is 2. The Bertz CT molecular complexity index is 1600. The summed E-state index contributed by atoms with van der Waals surface area (Å²) in [5.41, 5.74) is 4.70. The first kappa shape index (κ1) is 26.3. The lowest BCUT2D eigenvalue weighted by molar-refractivity contribution is -0.138. The number of alkyl halides is 1. The number of rotatable bonds is 7. The molecular weight excluding hydrogens is 499 g/mol. The van der Waals surface area contributed by atoms with Gasteiger partial charge in [0.25, 0.3) is 0 Å². The topological polar surface area (TPSA) is 111 Å². The van der Waals surface area contributed by atoms with Gasteiger partial charge >= 0.3 is 0 Å². The van der Waals surface area contributed by atoms with Crippen LogP contribution in [0.4, 0.5) is 4.39 Å². The molecule has 3 aromatic heterocycles. The fraction of sp³-hybridized carbons (Fsp3) is 0.345. The van der Waals surface area contributed by atoms with Crippen LogP contribution in [0.15, 0.2) is 42.7 Å². The number of halogens is 1. The maximum Gasteiger partial charge on any atom is 0.245 e. The Morgan fingerprint density at radius 2 is 1.77 bits per heavy atom. The van der Waals surface area contributed by atoms with Gasteiger partial charge in [0.05, 0.1) is 30.2 Å². The first-order valence-electron chi connectivity index (χ1n) is 12.8. The highest BCUT2D eigenvalue weighted by Gasteiger charge is 2.40. The second-order valence-electron chi connectivity index (χ2n) is 10.1. The van der Waals surface area contributed by atoms with Gasteiger partial charge in [-0.3, -0.25) is 24.0 Å². The van der Waals surface area contributed by atoms with E-state index in [2.05, 4.69) is 20.1 Å². The highest BCUT2D eigenvalue weighted by Crippen LogP contribution is 2.28. The van der Waals surface area contributed by atoms with E-state index in [1.54, 1.807) is 25.4 Å². The van der Waals surface area contributed by atoms with E-state index in [1.807, 2.05) is 38.1 Å². The summed E-state index contributed by atoms with van der Waals surface area (Å²) in [6, 6.07) is 8.34. The van der Waals surface area contributed by atoms with E-state index in [9.17, 15) is 18.8 Å². The molecule has 0 aliphatic carbocycles. The summed E-state index contributed by atoms with van der Waals surface area (Å²) in [4.78, 5) is 53.3. The van der Waals surface area contributed by atoms with Crippen LogP contribution in [0.5, 0.6) is 0 Å². The zero-order valence-electron chi connectivity index (χ0n) is 22.3. The smallest absolute Gasteiger partial charge is 0.245 e. The van der Waals surface area contributed by atoms with Crippen molar-refractivity contribution < 1.29 is 18.8 Å². The maximum absolute atomic E-state index is 14.5. The first-order chi connectivity index (χ1) is 18.6. The third kappa shape index (κ3) is 5.32. The number of nitrogens with zero attached hydrogens (tertiary/aromatic N) is 6. The highest BCUT2D eigenvalue weighted by atomic mass is 19.1. The molecule has 0 bridgehead atoms. The summed E-state index contributed by atoms with van der Waals surface area (Å²) in [6.45, 7) is 6.54. The van der Waals surface area contributed by atoms with Gasteiger partial charge < -0.3 is 4.90 Å². The van der Waals surface area contributed by atoms with Crippen molar-refractivity contribution in [3.05, 3.63) is 71.2 Å². The molecule has 4 heterocycles. The second kappa shape index (κ2) is 10.4. The van der Waals surface area contributed by atoms with E-state index in [0.717, 1.165) is 22.4 Å². The number of hydrogen-bond acceptors (Lipinski definition) is 7. The summed E-state index contributed by atoms with van der Waals surface area (Å²) < 4.78 is 16.0. The van der Waals surface area contributed by atoms with Crippen molar-refractivity contribution in [3.63, 3.8) is 0 Å². The van der Waals surface area contributed by atoms with Crippen molar-refractivity contribution in [2.75, 3.05) is 6.54 Å². The third-order valence-electron chi connectivity index (χ3n) is 7.11. The van der Waals surface area contributed by atoms with Crippen LogP contribution >= 0.6 is 0 Å². The average molecular weight is 529 g/mol. The Hall–Kier alpha value is -4.34. The summed E-state index contributed by atoms with van der Waals surface area (Å²) in [5, 5.41) is 5.02. The Morgan fingerprint density at radius 1 is 1.03 bits per heavy atom. The van der Waals surface area contributed by atoms with Crippen molar-refractivity contribution in [3.8, 4) is 11.1 Å². The number of pyridine rings is 1. The van der Waals surface area contributed by atoms with E-state index < -0.39 is 18.1 Å². The Kier molecular flexibility index (Phi) is 7.03. The van der Waals surface area contributed by atoms with Gasteiger partial charge in [0, 0.05) is 42.4 Å². The van der Waals surface area contributed by atoms with Gasteiger partial charge in [-0.1, -0.05) is 12.1 Å². The number of fused-ring (bicyclic) bond motifs is 1. The van der Waals surface area contributed by atoms with Crippen molar-refractivity contribution in [1.29, 1.82) is 0 Å². The highest BCUT2D eigenvalue weighted by molar-refractivity contribution is 6.06. The molecule has 0 unspecified atom stereocenters. The molecule has 1 saturated heterocycles. The fourth-order valence-electron chi connectivity index (χ4n) is 5.01. The Balaban J connectivity index is 1.41. The minimum absolute atomic E-state index is 0.0271. The zero-order chi connectivity index (χ0) is 27.8. The number of Topliss-reactive ketones (excluding diaryl/α,β-unsaturated/α-hetero) is 2. The van der Waals surface area contributed by atoms with E-state index >= 15 is 0 Å². The Morgan fingerprint density at radius 3 is 2.49 bits per heavy atom. The molecule has 5 rings (SSSR count). The fourth-order valence-corrected chi connectivity index (χ4v) is 5.01. The number of amides is 1. The SMILES string of the molecule is CC(=O)c1nn(CC(=O)N2C[C@H](F)C[C@H]2C(=O)Cc2nc(C)ccc2C)c2ccc(-c3cnc(C)nc3)cc12. The number of aryl methyl sites for hydroxylation is 3. The zero-order valence-corrected chi connectivity index (χ0v) is 22.3. The summed E-state index contributed by atoms with van der Waals surface area (Å²) in [6.07, 6.45) is 2.10. The van der Waals surface area contributed by atoms with E-state index in [1.165, 1.54) is 16.5 Å². The lowest BCUT2D eigenvalue weighted by Crippen LogP contribution is -2.43. The lowest BCUT2D eigenvalue weighted by Gasteiger charge is -2.23. The van der Waals surface area contributed by atoms with Gasteiger partial charge in [-0.05, 0) is 50.1 Å². The number of carbonyl (C=O) groups is 3. The van der Waals surface area contributed by atoms with Crippen molar-refractivity contribution in [2.24, 2.45) is 0 Å². The molecule has 1 amide bonds. The molecule has 1 fully saturated rings. The monoisotopic (exact) mass is 528 g/mol. The molecule has 1 aromatic carbocycles. The van der Waals surface area contributed by atoms with Gasteiger partial charge in [-0.25, -0.2) is 14.4 Å². The van der Waals surface area contributed by atoms with Crippen LogP contribution in [0.2, 0.25) is 0 Å². The normalized spacial score (nSPS) is 17.1. The lowest BCUT2D eigenvalue weighted by atomic mass is 10.0. The van der Waals surface area contributed by atoms with Crippen LogP contribution in [0.3, 0.4) is 0 Å². The molecule has 0 saturated carbocycles. The molecule has 0 N–H and O–H groups in total. The molecular formula is C29H29FN6O3. The second-order valence-corrected chi connectivity index (χ2v) is 10.1. The molecule has 2 atom stereocenters. The van der Waals surface area contributed by atoms with Gasteiger partial charge in [0.1, 0.15) is 24.2 Å². The van der Waals surface area contributed by atoms with Crippen molar-refractivity contribution >= 4 is 28.4 Å². The number of benzene rings is 1. The number of likely N-dealkylation sites (tertiary alicyclic amines) is 1. The van der Waals surface area contributed by atoms with E-state index in [0.29, 0.717) is 22.4 Å². The van der Waals surface area contributed by atoms with Gasteiger partial charge in [-0.15, -0.1) is 0 Å². The molecule has 0 radical (unpaired) electrons. The quantitative estimate of drug-likeness (QED) is 0.336. The molecule has 1 aliphatic rings. The number of hydrogen-bond donors (Lipinski definition) is 0. The Labute approximate surface area is 225 Å². The molecule has 9 nitrogen and oxygen atoms in total. The number of aromatic nitrogens is 5. The van der Waals surface area contributed by atoms with Gasteiger partial charge in [0.2, 0.25) is 5.91 Å².